The van der Waals surface area contributed by atoms with E-state index in [0.717, 1.165) is 49.3 Å². The number of carbonyl (C=O) groups excluding carboxylic acids is 1. The largest absolute Gasteiger partial charge is 0.356 e. The van der Waals surface area contributed by atoms with Gasteiger partial charge < -0.3 is 10.2 Å². The molecule has 0 saturated carbocycles. The molecule has 0 aromatic heterocycles. The number of para-hydroxylation sites is 1. The van der Waals surface area contributed by atoms with Gasteiger partial charge in [0.25, 0.3) is 5.91 Å². The molecular formula is C22H23N3O. The molecule has 2 heterocycles. The van der Waals surface area contributed by atoms with E-state index in [0.29, 0.717) is 5.92 Å². The molecule has 4 rings (SSSR count). The zero-order valence-electron chi connectivity index (χ0n) is 14.8. The summed E-state index contributed by atoms with van der Waals surface area (Å²) in [5.74, 6) is 0.660. The average molecular weight is 345 g/mol. The summed E-state index contributed by atoms with van der Waals surface area (Å²) in [7, 11) is 0. The van der Waals surface area contributed by atoms with Crippen molar-refractivity contribution in [1.82, 2.24) is 4.90 Å². The number of carbonyl (C=O) groups is 1. The first kappa shape index (κ1) is 16.6. The van der Waals surface area contributed by atoms with Crippen molar-refractivity contribution in [1.29, 1.82) is 0 Å². The molecule has 4 nitrogen and oxygen atoms in total. The Morgan fingerprint density at radius 2 is 1.65 bits per heavy atom. The summed E-state index contributed by atoms with van der Waals surface area (Å²) >= 11 is 0. The molecule has 1 N–H and O–H groups in total. The predicted molar refractivity (Wildman–Crippen MR) is 106 cm³/mol. The lowest BCUT2D eigenvalue weighted by molar-refractivity contribution is 0.0710. The Morgan fingerprint density at radius 1 is 0.962 bits per heavy atom. The fourth-order valence-corrected chi connectivity index (χ4v) is 3.63. The van der Waals surface area contributed by atoms with E-state index in [2.05, 4.69) is 16.4 Å². The van der Waals surface area contributed by atoms with Crippen molar-refractivity contribution in [2.45, 2.75) is 19.3 Å². The van der Waals surface area contributed by atoms with Crippen molar-refractivity contribution < 1.29 is 4.79 Å². The van der Waals surface area contributed by atoms with Gasteiger partial charge in [0, 0.05) is 54.3 Å². The highest BCUT2D eigenvalue weighted by molar-refractivity contribution is 5.95. The summed E-state index contributed by atoms with van der Waals surface area (Å²) < 4.78 is 0. The monoisotopic (exact) mass is 345 g/mol. The fourth-order valence-electron chi connectivity index (χ4n) is 3.63. The van der Waals surface area contributed by atoms with Crippen molar-refractivity contribution in [3.63, 3.8) is 0 Å². The number of rotatable bonds is 4. The topological polar surface area (TPSA) is 44.7 Å². The minimum Gasteiger partial charge on any atom is -0.356 e. The normalized spacial score (nSPS) is 17.2. The molecule has 2 aliphatic heterocycles. The molecule has 0 bridgehead atoms. The highest BCUT2D eigenvalue weighted by Crippen LogP contribution is 2.24. The minimum atomic E-state index is 0.126. The number of allylic oxidation sites excluding steroid dienone is 1. The Bertz CT molecular complexity index is 816. The van der Waals surface area contributed by atoms with Crippen LogP contribution < -0.4 is 5.32 Å². The molecular weight excluding hydrogens is 322 g/mol. The van der Waals surface area contributed by atoms with Crippen LogP contribution in [-0.4, -0.2) is 29.6 Å². The molecule has 2 aromatic rings. The molecule has 2 aromatic carbocycles. The maximum absolute atomic E-state index is 12.8. The summed E-state index contributed by atoms with van der Waals surface area (Å²) in [6.07, 6.45) is 7.02. The molecule has 0 atom stereocenters. The molecule has 1 saturated heterocycles. The van der Waals surface area contributed by atoms with E-state index >= 15 is 0 Å². The van der Waals surface area contributed by atoms with Gasteiger partial charge in [0.2, 0.25) is 0 Å². The van der Waals surface area contributed by atoms with Crippen LogP contribution in [0.5, 0.6) is 0 Å². The summed E-state index contributed by atoms with van der Waals surface area (Å²) in [6, 6.07) is 17.8. The number of benzene rings is 2. The highest BCUT2D eigenvalue weighted by Gasteiger charge is 2.26. The number of anilines is 2. The van der Waals surface area contributed by atoms with Crippen LogP contribution in [0.15, 0.2) is 71.9 Å². The highest BCUT2D eigenvalue weighted by atomic mass is 16.2. The second-order valence-corrected chi connectivity index (χ2v) is 6.84. The first-order chi connectivity index (χ1) is 12.8. The van der Waals surface area contributed by atoms with Crippen molar-refractivity contribution in [3.05, 3.63) is 72.4 Å². The zero-order valence-corrected chi connectivity index (χ0v) is 14.8. The second-order valence-electron chi connectivity index (χ2n) is 6.84. The molecule has 0 spiro atoms. The van der Waals surface area contributed by atoms with Gasteiger partial charge in [0.1, 0.15) is 0 Å². The van der Waals surface area contributed by atoms with Crippen molar-refractivity contribution >= 4 is 23.0 Å². The number of hydrogen-bond donors (Lipinski definition) is 1. The number of aliphatic imine (C=N–C) groups is 1. The maximum Gasteiger partial charge on any atom is 0.253 e. The summed E-state index contributed by atoms with van der Waals surface area (Å²) in [6.45, 7) is 1.62. The van der Waals surface area contributed by atoms with E-state index in [4.69, 9.17) is 0 Å². The van der Waals surface area contributed by atoms with Crippen molar-refractivity contribution in [3.8, 4) is 0 Å². The molecule has 26 heavy (non-hydrogen) atoms. The quantitative estimate of drug-likeness (QED) is 0.877. The van der Waals surface area contributed by atoms with Crippen LogP contribution in [0.4, 0.5) is 11.4 Å². The van der Waals surface area contributed by atoms with Crippen LogP contribution in [0.2, 0.25) is 0 Å². The van der Waals surface area contributed by atoms with Gasteiger partial charge in [-0.2, -0.15) is 0 Å². The zero-order chi connectivity index (χ0) is 17.8. The standard InChI is InChI=1S/C22H23N3O/c26-22(25-15-12-17(13-16-25)21-7-4-14-23-21)18-8-10-20(11-9-18)24-19-5-2-1-3-6-19/h1-6,8-11,14,17,24H,7,12-13,15-16H2. The van der Waals surface area contributed by atoms with Gasteiger partial charge in [-0.3, -0.25) is 9.79 Å². The second kappa shape index (κ2) is 7.56. The Kier molecular flexibility index (Phi) is 4.82. The summed E-state index contributed by atoms with van der Waals surface area (Å²) in [5, 5.41) is 3.34. The first-order valence-electron chi connectivity index (χ1n) is 9.22. The number of amides is 1. The van der Waals surface area contributed by atoms with Crippen LogP contribution in [0.3, 0.4) is 0 Å². The Balaban J connectivity index is 1.35. The fraction of sp³-hybridized carbons (Fsp3) is 0.273. The van der Waals surface area contributed by atoms with Crippen LogP contribution in [0.1, 0.15) is 29.6 Å². The van der Waals surface area contributed by atoms with E-state index in [1.54, 1.807) is 0 Å². The molecule has 4 heteroatoms. The first-order valence-corrected chi connectivity index (χ1v) is 9.22. The van der Waals surface area contributed by atoms with Crippen LogP contribution >= 0.6 is 0 Å². The molecule has 1 amide bonds. The third-order valence-corrected chi connectivity index (χ3v) is 5.12. The number of hydrogen-bond acceptors (Lipinski definition) is 3. The van der Waals surface area contributed by atoms with Crippen LogP contribution in [-0.2, 0) is 0 Å². The van der Waals surface area contributed by atoms with Gasteiger partial charge in [0.15, 0.2) is 0 Å². The van der Waals surface area contributed by atoms with Crippen molar-refractivity contribution in [2.75, 3.05) is 18.4 Å². The predicted octanol–water partition coefficient (Wildman–Crippen LogP) is 4.64. The molecule has 0 radical (unpaired) electrons. The lowest BCUT2D eigenvalue weighted by Gasteiger charge is -2.32. The Hall–Kier alpha value is -2.88. The van der Waals surface area contributed by atoms with Gasteiger partial charge in [-0.05, 0) is 49.2 Å². The van der Waals surface area contributed by atoms with E-state index in [1.165, 1.54) is 5.71 Å². The van der Waals surface area contributed by atoms with Crippen LogP contribution in [0.25, 0.3) is 0 Å². The SMILES string of the molecule is O=C(c1ccc(Nc2ccccc2)cc1)N1CCC(C2=NC=CC2)CC1. The van der Waals surface area contributed by atoms with Gasteiger partial charge in [0.05, 0.1) is 0 Å². The molecule has 132 valence electrons. The van der Waals surface area contributed by atoms with E-state index in [-0.39, 0.29) is 5.91 Å². The van der Waals surface area contributed by atoms with Crippen molar-refractivity contribution in [2.24, 2.45) is 10.9 Å². The molecule has 1 fully saturated rings. The number of piperidine rings is 1. The minimum absolute atomic E-state index is 0.126. The smallest absolute Gasteiger partial charge is 0.253 e. The van der Waals surface area contributed by atoms with E-state index in [1.807, 2.05) is 65.7 Å². The van der Waals surface area contributed by atoms with Gasteiger partial charge in [-0.25, -0.2) is 0 Å². The summed E-state index contributed by atoms with van der Waals surface area (Å²) in [5.41, 5.74) is 4.06. The average Bonchev–Trinajstić information content (AvgIpc) is 3.24. The third kappa shape index (κ3) is 3.69. The lowest BCUT2D eigenvalue weighted by atomic mass is 9.90. The Labute approximate surface area is 154 Å². The van der Waals surface area contributed by atoms with E-state index < -0.39 is 0 Å². The number of nitrogens with zero attached hydrogens (tertiary/aromatic N) is 2. The lowest BCUT2D eigenvalue weighted by Crippen LogP contribution is -2.40. The maximum atomic E-state index is 12.8. The third-order valence-electron chi connectivity index (χ3n) is 5.12. The molecule has 0 unspecified atom stereocenters. The van der Waals surface area contributed by atoms with Crippen LogP contribution in [0, 0.1) is 5.92 Å². The van der Waals surface area contributed by atoms with Gasteiger partial charge in [-0.15, -0.1) is 0 Å². The molecule has 0 aliphatic carbocycles. The van der Waals surface area contributed by atoms with Gasteiger partial charge in [-0.1, -0.05) is 24.3 Å². The Morgan fingerprint density at radius 3 is 2.31 bits per heavy atom. The van der Waals surface area contributed by atoms with E-state index in [9.17, 15) is 4.79 Å². The van der Waals surface area contributed by atoms with Gasteiger partial charge >= 0.3 is 0 Å². The molecule has 2 aliphatic rings. The number of nitrogens with one attached hydrogen (secondary N) is 1. The number of likely N-dealkylation sites (tertiary alicyclic amines) is 1. The summed E-state index contributed by atoms with van der Waals surface area (Å²) in [4.78, 5) is 19.2.